The molecule has 0 bridgehead atoms. The second-order valence-corrected chi connectivity index (χ2v) is 8.53. The van der Waals surface area contributed by atoms with E-state index >= 15 is 0 Å². The van der Waals surface area contributed by atoms with Crippen LogP contribution in [0.2, 0.25) is 0 Å². The lowest BCUT2D eigenvalue weighted by molar-refractivity contribution is 0.0715. The molecule has 0 unspecified atom stereocenters. The number of sulfonamides is 1. The van der Waals surface area contributed by atoms with Crippen LogP contribution in [0.1, 0.15) is 21.8 Å². The molecule has 2 heterocycles. The van der Waals surface area contributed by atoms with Gasteiger partial charge in [-0.1, -0.05) is 6.07 Å². The Labute approximate surface area is 164 Å². The standard InChI is InChI=1S/C20H21N3O4S/c1-22(2)28(25,26)19-10-8-16(9-11-19)20(24)23(15-18-7-5-13-27-18)14-17-6-3-4-12-21-17/h3-13H,14-15H2,1-2H3. The van der Waals surface area contributed by atoms with Gasteiger partial charge in [-0.3, -0.25) is 9.78 Å². The van der Waals surface area contributed by atoms with Crippen LogP contribution in [0, 0.1) is 0 Å². The Morgan fingerprint density at radius 2 is 1.75 bits per heavy atom. The maximum Gasteiger partial charge on any atom is 0.254 e. The highest BCUT2D eigenvalue weighted by Crippen LogP contribution is 2.17. The van der Waals surface area contributed by atoms with Crippen molar-refractivity contribution in [3.63, 3.8) is 0 Å². The number of furan rings is 1. The highest BCUT2D eigenvalue weighted by Gasteiger charge is 2.21. The largest absolute Gasteiger partial charge is 0.467 e. The molecule has 0 N–H and O–H groups in total. The first kappa shape index (κ1) is 19.8. The summed E-state index contributed by atoms with van der Waals surface area (Å²) in [4.78, 5) is 19.1. The average molecular weight is 399 g/mol. The summed E-state index contributed by atoms with van der Waals surface area (Å²) in [5.41, 5.74) is 1.13. The summed E-state index contributed by atoms with van der Waals surface area (Å²) in [6.45, 7) is 0.582. The summed E-state index contributed by atoms with van der Waals surface area (Å²) in [7, 11) is -0.616. The number of hydrogen-bond acceptors (Lipinski definition) is 5. The van der Waals surface area contributed by atoms with E-state index in [0.717, 1.165) is 10.00 Å². The third-order valence-electron chi connectivity index (χ3n) is 4.17. The van der Waals surface area contributed by atoms with Crippen LogP contribution in [0.25, 0.3) is 0 Å². The molecule has 3 rings (SSSR count). The van der Waals surface area contributed by atoms with E-state index in [1.807, 2.05) is 18.2 Å². The fourth-order valence-corrected chi connectivity index (χ4v) is 3.54. The fraction of sp³-hybridized carbons (Fsp3) is 0.200. The van der Waals surface area contributed by atoms with Gasteiger partial charge in [0.05, 0.1) is 29.9 Å². The van der Waals surface area contributed by atoms with Crippen molar-refractivity contribution in [2.75, 3.05) is 14.1 Å². The predicted octanol–water partition coefficient (Wildman–Crippen LogP) is 2.77. The number of benzene rings is 1. The van der Waals surface area contributed by atoms with Crippen LogP contribution in [-0.4, -0.2) is 42.6 Å². The van der Waals surface area contributed by atoms with E-state index in [0.29, 0.717) is 17.9 Å². The molecule has 8 heteroatoms. The summed E-state index contributed by atoms with van der Waals surface area (Å²) in [6.07, 6.45) is 3.23. The van der Waals surface area contributed by atoms with E-state index in [1.165, 1.54) is 38.4 Å². The normalized spacial score (nSPS) is 11.5. The summed E-state index contributed by atoms with van der Waals surface area (Å²) >= 11 is 0. The number of nitrogens with zero attached hydrogens (tertiary/aromatic N) is 3. The molecule has 0 saturated carbocycles. The van der Waals surface area contributed by atoms with Gasteiger partial charge >= 0.3 is 0 Å². The highest BCUT2D eigenvalue weighted by molar-refractivity contribution is 7.89. The molecule has 0 radical (unpaired) electrons. The number of amides is 1. The van der Waals surface area contributed by atoms with E-state index in [1.54, 1.807) is 29.5 Å². The molecule has 7 nitrogen and oxygen atoms in total. The molecule has 1 amide bonds. The monoisotopic (exact) mass is 399 g/mol. The lowest BCUT2D eigenvalue weighted by Crippen LogP contribution is -2.30. The number of carbonyl (C=O) groups excluding carboxylic acids is 1. The van der Waals surface area contributed by atoms with E-state index < -0.39 is 10.0 Å². The number of pyridine rings is 1. The Balaban J connectivity index is 1.86. The van der Waals surface area contributed by atoms with Crippen molar-refractivity contribution in [3.05, 3.63) is 84.1 Å². The summed E-state index contributed by atoms with van der Waals surface area (Å²) in [6, 6.07) is 15.0. The summed E-state index contributed by atoms with van der Waals surface area (Å²) in [5.74, 6) is 0.409. The predicted molar refractivity (Wildman–Crippen MR) is 104 cm³/mol. The number of hydrogen-bond donors (Lipinski definition) is 0. The van der Waals surface area contributed by atoms with Gasteiger partial charge in [-0.05, 0) is 48.5 Å². The Kier molecular flexibility index (Phi) is 5.91. The molecular formula is C20H21N3O4S. The molecule has 0 saturated heterocycles. The molecule has 0 aliphatic heterocycles. The first-order valence-corrected chi connectivity index (χ1v) is 10.1. The third kappa shape index (κ3) is 4.47. The molecule has 0 spiro atoms. The zero-order valence-corrected chi connectivity index (χ0v) is 16.5. The summed E-state index contributed by atoms with van der Waals surface area (Å²) < 4.78 is 30.9. The molecule has 3 aromatic rings. The second kappa shape index (κ2) is 8.37. The minimum atomic E-state index is -3.55. The first-order valence-electron chi connectivity index (χ1n) is 8.62. The van der Waals surface area contributed by atoms with Gasteiger partial charge in [0.15, 0.2) is 0 Å². The quantitative estimate of drug-likeness (QED) is 0.610. The fourth-order valence-electron chi connectivity index (χ4n) is 2.64. The molecule has 0 atom stereocenters. The lowest BCUT2D eigenvalue weighted by Gasteiger charge is -2.21. The molecule has 1 aromatic carbocycles. The molecule has 0 aliphatic rings. The summed E-state index contributed by atoms with van der Waals surface area (Å²) in [5, 5.41) is 0. The third-order valence-corrected chi connectivity index (χ3v) is 6.00. The van der Waals surface area contributed by atoms with Crippen LogP contribution in [-0.2, 0) is 23.1 Å². The Morgan fingerprint density at radius 1 is 1.00 bits per heavy atom. The molecule has 146 valence electrons. The van der Waals surface area contributed by atoms with Gasteiger partial charge in [-0.25, -0.2) is 12.7 Å². The van der Waals surface area contributed by atoms with Crippen molar-refractivity contribution >= 4 is 15.9 Å². The number of carbonyl (C=O) groups is 1. The maximum atomic E-state index is 13.1. The van der Waals surface area contributed by atoms with Gasteiger partial charge in [-0.2, -0.15) is 0 Å². The van der Waals surface area contributed by atoms with Gasteiger partial charge in [0.25, 0.3) is 5.91 Å². The first-order chi connectivity index (χ1) is 13.4. The van der Waals surface area contributed by atoms with Crippen molar-refractivity contribution in [2.45, 2.75) is 18.0 Å². The van der Waals surface area contributed by atoms with Crippen molar-refractivity contribution in [1.29, 1.82) is 0 Å². The van der Waals surface area contributed by atoms with Crippen LogP contribution >= 0.6 is 0 Å². The van der Waals surface area contributed by atoms with Crippen LogP contribution in [0.5, 0.6) is 0 Å². The zero-order chi connectivity index (χ0) is 20.1. The highest BCUT2D eigenvalue weighted by atomic mass is 32.2. The number of aromatic nitrogens is 1. The van der Waals surface area contributed by atoms with Gasteiger partial charge in [0.1, 0.15) is 5.76 Å². The van der Waals surface area contributed by atoms with Crippen LogP contribution in [0.3, 0.4) is 0 Å². The van der Waals surface area contributed by atoms with E-state index in [4.69, 9.17) is 4.42 Å². The average Bonchev–Trinajstić information content (AvgIpc) is 3.21. The Bertz CT molecular complexity index is 1020. The van der Waals surface area contributed by atoms with Crippen molar-refractivity contribution in [3.8, 4) is 0 Å². The molecular weight excluding hydrogens is 378 g/mol. The lowest BCUT2D eigenvalue weighted by atomic mass is 10.2. The van der Waals surface area contributed by atoms with Crippen LogP contribution in [0.4, 0.5) is 0 Å². The maximum absolute atomic E-state index is 13.1. The van der Waals surface area contributed by atoms with Gasteiger partial charge < -0.3 is 9.32 Å². The van der Waals surface area contributed by atoms with Crippen molar-refractivity contribution in [2.24, 2.45) is 0 Å². The topological polar surface area (TPSA) is 83.7 Å². The van der Waals surface area contributed by atoms with E-state index in [9.17, 15) is 13.2 Å². The van der Waals surface area contributed by atoms with Crippen LogP contribution in [0.15, 0.2) is 76.4 Å². The van der Waals surface area contributed by atoms with E-state index in [-0.39, 0.29) is 17.3 Å². The van der Waals surface area contributed by atoms with Gasteiger partial charge in [-0.15, -0.1) is 0 Å². The number of rotatable bonds is 7. The Hall–Kier alpha value is -2.97. The van der Waals surface area contributed by atoms with Crippen molar-refractivity contribution < 1.29 is 17.6 Å². The second-order valence-electron chi connectivity index (χ2n) is 6.37. The molecule has 2 aromatic heterocycles. The van der Waals surface area contributed by atoms with Gasteiger partial charge in [0.2, 0.25) is 10.0 Å². The molecule has 0 fully saturated rings. The molecule has 0 aliphatic carbocycles. The van der Waals surface area contributed by atoms with Crippen molar-refractivity contribution in [1.82, 2.24) is 14.2 Å². The Morgan fingerprint density at radius 3 is 2.32 bits per heavy atom. The minimum Gasteiger partial charge on any atom is -0.467 e. The molecule has 28 heavy (non-hydrogen) atoms. The van der Waals surface area contributed by atoms with E-state index in [2.05, 4.69) is 4.98 Å². The zero-order valence-electron chi connectivity index (χ0n) is 15.6. The smallest absolute Gasteiger partial charge is 0.254 e. The van der Waals surface area contributed by atoms with Crippen LogP contribution < -0.4 is 0 Å². The minimum absolute atomic E-state index is 0.136. The van der Waals surface area contributed by atoms with Gasteiger partial charge in [0, 0.05) is 25.9 Å². The SMILES string of the molecule is CN(C)S(=O)(=O)c1ccc(C(=O)N(Cc2ccccn2)Cc2ccco2)cc1.